The van der Waals surface area contributed by atoms with Crippen LogP contribution in [0.2, 0.25) is 0 Å². The molecule has 330 valence electrons. The largest absolute Gasteiger partial charge is 0.505 e. The zero-order chi connectivity index (χ0) is 47.0. The summed E-state index contributed by atoms with van der Waals surface area (Å²) < 4.78 is 137. The van der Waals surface area contributed by atoms with Crippen molar-refractivity contribution in [3.8, 4) is 5.75 Å². The van der Waals surface area contributed by atoms with Gasteiger partial charge in [0, 0.05) is 26.9 Å². The lowest BCUT2D eigenvalue weighted by Crippen LogP contribution is -2.19. The van der Waals surface area contributed by atoms with Crippen LogP contribution in [-0.4, -0.2) is 68.8 Å². The second-order valence-corrected chi connectivity index (χ2v) is 19.4. The molecule has 0 aromatic heterocycles. The summed E-state index contributed by atoms with van der Waals surface area (Å²) in [6.45, 7) is 0. The number of nitrogens with one attached hydrogen (secondary N) is 1. The number of nitrogens with two attached hydrogens (primary N) is 1. The van der Waals surface area contributed by atoms with Crippen molar-refractivity contribution in [2.45, 2.75) is 19.6 Å². The molecule has 7 aromatic carbocycles. The molecule has 1 heterocycles. The third-order valence-electron chi connectivity index (χ3n) is 9.73. The fourth-order valence-electron chi connectivity index (χ4n) is 6.71. The number of amides is 2. The van der Waals surface area contributed by atoms with E-state index in [0.29, 0.717) is 0 Å². The SMILES string of the molecule is Nc1cc2c(O)c(N=Nc3ccc(N=Nc4ccc(N=Nc5ccc6c(c5)C(=O)NC6=O)c5ccc(S(=O)(=O)O)cc45)c4ccc(S(=O)(=O)O)cc34)c(S(=O)(=O)O)cc2cc1S(=O)(=O)O. The molecule has 0 saturated heterocycles. The predicted octanol–water partition coefficient (Wildman–Crippen LogP) is 7.55. The number of carbonyl (C=O) groups excluding carboxylic acids is 2. The Bertz CT molecular complexity index is 3880. The third-order valence-corrected chi connectivity index (χ3v) is 13.2. The fourth-order valence-corrected chi connectivity index (χ4v) is 9.01. The van der Waals surface area contributed by atoms with E-state index in [4.69, 9.17) is 5.73 Å². The maximum atomic E-state index is 12.5. The first-order valence-electron chi connectivity index (χ1n) is 17.8. The van der Waals surface area contributed by atoms with Gasteiger partial charge in [-0.15, -0.1) is 25.6 Å². The first-order chi connectivity index (χ1) is 30.4. The van der Waals surface area contributed by atoms with Crippen molar-refractivity contribution >= 4 is 124 Å². The van der Waals surface area contributed by atoms with Crippen molar-refractivity contribution in [3.05, 3.63) is 108 Å². The Morgan fingerprint density at radius 2 is 0.908 bits per heavy atom. The molecule has 0 bridgehead atoms. The molecule has 8 rings (SSSR count). The van der Waals surface area contributed by atoms with Gasteiger partial charge in [0.25, 0.3) is 52.3 Å². The molecule has 0 atom stereocenters. The van der Waals surface area contributed by atoms with E-state index in [9.17, 15) is 66.6 Å². The first-order valence-corrected chi connectivity index (χ1v) is 23.5. The molecule has 0 unspecified atom stereocenters. The van der Waals surface area contributed by atoms with Gasteiger partial charge in [0.2, 0.25) is 0 Å². The number of fused-ring (bicyclic) bond motifs is 4. The summed E-state index contributed by atoms with van der Waals surface area (Å²) in [7, 11) is -19.8. The number of nitrogen functional groups attached to an aromatic ring is 1. The van der Waals surface area contributed by atoms with Crippen LogP contribution in [0.5, 0.6) is 5.75 Å². The number of phenols is 1. The molecule has 0 fully saturated rings. The third kappa shape index (κ3) is 8.50. The number of azo groups is 3. The molecule has 1 aliphatic heterocycles. The van der Waals surface area contributed by atoms with Crippen LogP contribution in [0.4, 0.5) is 39.8 Å². The van der Waals surface area contributed by atoms with E-state index in [1.54, 1.807) is 0 Å². The zero-order valence-electron chi connectivity index (χ0n) is 31.9. The van der Waals surface area contributed by atoms with Crippen LogP contribution in [0.1, 0.15) is 20.7 Å². The van der Waals surface area contributed by atoms with Crippen LogP contribution in [0.3, 0.4) is 0 Å². The van der Waals surface area contributed by atoms with Crippen LogP contribution in [0, 0.1) is 0 Å². The van der Waals surface area contributed by atoms with Crippen molar-refractivity contribution in [2.24, 2.45) is 30.7 Å². The monoisotopic (exact) mass is 960 g/mol. The predicted molar refractivity (Wildman–Crippen MR) is 228 cm³/mol. The van der Waals surface area contributed by atoms with E-state index in [1.807, 2.05) is 0 Å². The van der Waals surface area contributed by atoms with Gasteiger partial charge in [0.05, 0.1) is 55.0 Å². The van der Waals surface area contributed by atoms with Crippen LogP contribution in [0.25, 0.3) is 32.3 Å². The Balaban J connectivity index is 1.23. The standard InChI is InChI=1S/C38H24N8O15S4/c39-28-16-24-17(11-33(28)64(56,57)58)12-34(65(59,60)61)35(36(24)47)46-45-32-10-8-30(22-6-3-20(15-26(22)32)63(53,54)55)43-44-31-9-7-29(21-5-2-19(14-25(21)31)62(50,51)52)42-41-18-1-4-23-27(13-18)38(49)40-37(23)48/h1-16,47H,39H2,(H,40,48,49)(H,50,51,52)(H,53,54,55)(H,56,57,58)(H,59,60,61). The second kappa shape index (κ2) is 15.6. The average Bonchev–Trinajstić information content (AvgIpc) is 3.51. The van der Waals surface area contributed by atoms with Gasteiger partial charge >= 0.3 is 0 Å². The van der Waals surface area contributed by atoms with Crippen molar-refractivity contribution in [1.82, 2.24) is 5.32 Å². The van der Waals surface area contributed by atoms with Crippen LogP contribution < -0.4 is 11.1 Å². The van der Waals surface area contributed by atoms with E-state index in [-0.39, 0.29) is 71.9 Å². The summed E-state index contributed by atoms with van der Waals surface area (Å²) in [4.78, 5) is 21.0. The topological polar surface area (TPSA) is 384 Å². The molecule has 65 heavy (non-hydrogen) atoms. The quantitative estimate of drug-likeness (QED) is 0.0301. The molecule has 0 aliphatic carbocycles. The normalized spacial score (nSPS) is 13.8. The van der Waals surface area contributed by atoms with Gasteiger partial charge in [-0.1, -0.05) is 12.1 Å². The van der Waals surface area contributed by atoms with Gasteiger partial charge in [0.1, 0.15) is 15.5 Å². The lowest BCUT2D eigenvalue weighted by Gasteiger charge is -2.11. The summed E-state index contributed by atoms with van der Waals surface area (Å²) in [5.41, 5.74) is 4.71. The smallest absolute Gasteiger partial charge is 0.296 e. The van der Waals surface area contributed by atoms with Crippen LogP contribution >= 0.6 is 0 Å². The number of phenolic OH excluding ortho intramolecular Hbond substituents is 1. The molecule has 0 spiro atoms. The first kappa shape index (κ1) is 44.1. The number of imide groups is 1. The maximum absolute atomic E-state index is 12.5. The van der Waals surface area contributed by atoms with Crippen LogP contribution in [-0.2, 0) is 40.5 Å². The lowest BCUT2D eigenvalue weighted by atomic mass is 10.1. The Kier molecular flexibility index (Phi) is 10.6. The van der Waals surface area contributed by atoms with Crippen molar-refractivity contribution in [1.29, 1.82) is 0 Å². The molecular weight excluding hydrogens is 937 g/mol. The summed E-state index contributed by atoms with van der Waals surface area (Å²) >= 11 is 0. The van der Waals surface area contributed by atoms with Gasteiger partial charge in [-0.25, -0.2) is 0 Å². The molecule has 2 amide bonds. The molecule has 8 N–H and O–H groups in total. The van der Waals surface area contributed by atoms with Crippen molar-refractivity contribution in [2.75, 3.05) is 5.73 Å². The van der Waals surface area contributed by atoms with Gasteiger partial charge in [0.15, 0.2) is 5.75 Å². The van der Waals surface area contributed by atoms with Gasteiger partial charge < -0.3 is 10.8 Å². The number of rotatable bonds is 10. The number of carbonyl (C=O) groups is 2. The molecule has 7 aromatic rings. The number of nitrogens with zero attached hydrogens (tertiary/aromatic N) is 6. The van der Waals surface area contributed by atoms with E-state index >= 15 is 0 Å². The second-order valence-electron chi connectivity index (χ2n) is 13.8. The molecule has 27 heteroatoms. The molecular formula is C38H24N8O15S4. The summed E-state index contributed by atoms with van der Waals surface area (Å²) in [5, 5.41) is 37.8. The van der Waals surface area contributed by atoms with Gasteiger partial charge in [-0.2, -0.15) is 38.8 Å². The lowest BCUT2D eigenvalue weighted by molar-refractivity contribution is 0.0879. The zero-order valence-corrected chi connectivity index (χ0v) is 35.2. The summed E-state index contributed by atoms with van der Waals surface area (Å²) in [6.07, 6.45) is 0. The van der Waals surface area contributed by atoms with E-state index in [0.717, 1.165) is 42.5 Å². The molecule has 0 saturated carbocycles. The van der Waals surface area contributed by atoms with Crippen molar-refractivity contribution < 1.29 is 66.6 Å². The molecule has 0 radical (unpaired) electrons. The Hall–Kier alpha value is -7.50. The van der Waals surface area contributed by atoms with E-state index in [2.05, 4.69) is 36.0 Å². The fraction of sp³-hybridized carbons (Fsp3) is 0. The van der Waals surface area contributed by atoms with E-state index < -0.39 is 89.0 Å². The van der Waals surface area contributed by atoms with Gasteiger partial charge in [-0.05, 0) is 90.3 Å². The Morgan fingerprint density at radius 1 is 0.446 bits per heavy atom. The minimum Gasteiger partial charge on any atom is -0.505 e. The van der Waals surface area contributed by atoms with Crippen LogP contribution in [0.15, 0.2) is 147 Å². The van der Waals surface area contributed by atoms with Gasteiger partial charge in [-0.3, -0.25) is 33.1 Å². The average molecular weight is 961 g/mol. The summed E-state index contributed by atoms with van der Waals surface area (Å²) in [6, 6.07) is 18.6. The molecule has 1 aliphatic rings. The Morgan fingerprint density at radius 3 is 1.42 bits per heavy atom. The number of aromatic hydroxyl groups is 1. The highest BCUT2D eigenvalue weighted by Gasteiger charge is 2.27. The Labute approximate surface area is 364 Å². The highest BCUT2D eigenvalue weighted by atomic mass is 32.2. The highest BCUT2D eigenvalue weighted by Crippen LogP contribution is 2.45. The minimum atomic E-state index is -5.25. The number of benzene rings is 7. The number of hydrogen-bond donors (Lipinski definition) is 7. The summed E-state index contributed by atoms with van der Waals surface area (Å²) in [5.74, 6) is -2.15. The minimum absolute atomic E-state index is 0.0000988. The number of anilines is 1. The maximum Gasteiger partial charge on any atom is 0.296 e. The number of hydrogen-bond acceptors (Lipinski definition) is 18. The molecule has 23 nitrogen and oxygen atoms in total. The van der Waals surface area contributed by atoms with E-state index in [1.165, 1.54) is 54.6 Å². The van der Waals surface area contributed by atoms with Crippen molar-refractivity contribution in [3.63, 3.8) is 0 Å². The highest BCUT2D eigenvalue weighted by molar-refractivity contribution is 7.86.